The lowest BCUT2D eigenvalue weighted by Gasteiger charge is -2.13. The molecule has 14 heavy (non-hydrogen) atoms. The number of hydrogen-bond donors (Lipinski definition) is 1. The zero-order chi connectivity index (χ0) is 10.6. The number of ether oxygens (including phenoxy) is 1. The lowest BCUT2D eigenvalue weighted by Crippen LogP contribution is -2.03. The third kappa shape index (κ3) is 2.70. The molecule has 0 unspecified atom stereocenters. The van der Waals surface area contributed by atoms with Crippen LogP contribution in [0.25, 0.3) is 0 Å². The first-order valence-electron chi connectivity index (χ1n) is 4.62. The Morgan fingerprint density at radius 1 is 1.50 bits per heavy atom. The minimum atomic E-state index is -0.592. The predicted molar refractivity (Wildman–Crippen MR) is 53.3 cm³/mol. The van der Waals surface area contributed by atoms with Crippen molar-refractivity contribution in [3.63, 3.8) is 0 Å². The van der Waals surface area contributed by atoms with Crippen molar-refractivity contribution in [2.45, 2.75) is 20.0 Å². The standard InChI is InChI=1S/C11H15FO2/c1-8-3-4-10(9(2)13)11(7-8)14-6-5-12/h3-4,7,9,13H,5-6H2,1-2H3/t9-/m0/s1. The molecule has 0 heterocycles. The normalized spacial score (nSPS) is 12.6. The van der Waals surface area contributed by atoms with Crippen molar-refractivity contribution in [3.05, 3.63) is 29.3 Å². The van der Waals surface area contributed by atoms with Gasteiger partial charge >= 0.3 is 0 Å². The molecule has 0 aromatic heterocycles. The number of aryl methyl sites for hydroxylation is 1. The Balaban J connectivity index is 2.91. The average Bonchev–Trinajstić information content (AvgIpc) is 2.14. The summed E-state index contributed by atoms with van der Waals surface area (Å²) in [6, 6.07) is 5.50. The molecule has 0 saturated carbocycles. The van der Waals surface area contributed by atoms with Gasteiger partial charge in [-0.25, -0.2) is 4.39 Å². The van der Waals surface area contributed by atoms with E-state index < -0.39 is 12.8 Å². The summed E-state index contributed by atoms with van der Waals surface area (Å²) < 4.78 is 17.1. The van der Waals surface area contributed by atoms with E-state index in [1.165, 1.54) is 0 Å². The van der Waals surface area contributed by atoms with Crippen LogP contribution < -0.4 is 4.74 Å². The molecular weight excluding hydrogens is 183 g/mol. The third-order valence-corrected chi connectivity index (χ3v) is 1.95. The average molecular weight is 198 g/mol. The van der Waals surface area contributed by atoms with Crippen molar-refractivity contribution in [1.82, 2.24) is 0 Å². The van der Waals surface area contributed by atoms with Crippen molar-refractivity contribution in [2.24, 2.45) is 0 Å². The first-order valence-corrected chi connectivity index (χ1v) is 4.62. The van der Waals surface area contributed by atoms with E-state index in [9.17, 15) is 9.50 Å². The van der Waals surface area contributed by atoms with E-state index in [-0.39, 0.29) is 6.61 Å². The van der Waals surface area contributed by atoms with Gasteiger partial charge in [-0.2, -0.15) is 0 Å². The molecule has 3 heteroatoms. The van der Waals surface area contributed by atoms with Crippen LogP contribution in [0.1, 0.15) is 24.2 Å². The fourth-order valence-corrected chi connectivity index (χ4v) is 1.26. The van der Waals surface area contributed by atoms with Crippen LogP contribution in [0.3, 0.4) is 0 Å². The Kier molecular flexibility index (Phi) is 3.89. The van der Waals surface area contributed by atoms with Crippen molar-refractivity contribution in [2.75, 3.05) is 13.3 Å². The number of aliphatic hydroxyl groups is 1. The predicted octanol–water partition coefficient (Wildman–Crippen LogP) is 2.40. The number of halogens is 1. The quantitative estimate of drug-likeness (QED) is 0.805. The Morgan fingerprint density at radius 3 is 2.79 bits per heavy atom. The van der Waals surface area contributed by atoms with Crippen LogP contribution in [0, 0.1) is 6.92 Å². The maximum Gasteiger partial charge on any atom is 0.125 e. The fraction of sp³-hybridized carbons (Fsp3) is 0.455. The summed E-state index contributed by atoms with van der Waals surface area (Å²) in [5.74, 6) is 0.567. The van der Waals surface area contributed by atoms with E-state index in [4.69, 9.17) is 4.74 Å². The van der Waals surface area contributed by atoms with Crippen molar-refractivity contribution >= 4 is 0 Å². The Labute approximate surface area is 83.3 Å². The number of benzene rings is 1. The van der Waals surface area contributed by atoms with Gasteiger partial charge in [-0.3, -0.25) is 0 Å². The summed E-state index contributed by atoms with van der Waals surface area (Å²) in [6.45, 7) is 3.09. The van der Waals surface area contributed by atoms with Gasteiger partial charge in [-0.15, -0.1) is 0 Å². The molecule has 0 aliphatic carbocycles. The highest BCUT2D eigenvalue weighted by Crippen LogP contribution is 2.26. The molecule has 0 aliphatic rings. The van der Waals surface area contributed by atoms with E-state index >= 15 is 0 Å². The second kappa shape index (κ2) is 4.96. The van der Waals surface area contributed by atoms with Gasteiger partial charge in [0.15, 0.2) is 0 Å². The van der Waals surface area contributed by atoms with Gasteiger partial charge in [0.1, 0.15) is 19.0 Å². The zero-order valence-electron chi connectivity index (χ0n) is 8.46. The van der Waals surface area contributed by atoms with Crippen LogP contribution in [-0.4, -0.2) is 18.4 Å². The van der Waals surface area contributed by atoms with Crippen LogP contribution in [0.5, 0.6) is 5.75 Å². The van der Waals surface area contributed by atoms with Crippen LogP contribution in [-0.2, 0) is 0 Å². The molecule has 1 N–H and O–H groups in total. The summed E-state index contributed by atoms with van der Waals surface area (Å²) >= 11 is 0. The van der Waals surface area contributed by atoms with E-state index in [1.54, 1.807) is 19.1 Å². The zero-order valence-corrected chi connectivity index (χ0v) is 8.46. The second-order valence-corrected chi connectivity index (χ2v) is 3.25. The highest BCUT2D eigenvalue weighted by Gasteiger charge is 2.08. The summed E-state index contributed by atoms with van der Waals surface area (Å²) in [4.78, 5) is 0. The molecule has 0 spiro atoms. The number of hydrogen-bond acceptors (Lipinski definition) is 2. The number of alkyl halides is 1. The van der Waals surface area contributed by atoms with Gasteiger partial charge < -0.3 is 9.84 Å². The smallest absolute Gasteiger partial charge is 0.125 e. The highest BCUT2D eigenvalue weighted by molar-refractivity contribution is 5.38. The molecule has 0 saturated heterocycles. The van der Waals surface area contributed by atoms with E-state index in [2.05, 4.69) is 0 Å². The van der Waals surface area contributed by atoms with Crippen LogP contribution in [0.2, 0.25) is 0 Å². The lowest BCUT2D eigenvalue weighted by molar-refractivity contribution is 0.189. The van der Waals surface area contributed by atoms with E-state index in [0.29, 0.717) is 11.3 Å². The van der Waals surface area contributed by atoms with Gasteiger partial charge in [-0.1, -0.05) is 12.1 Å². The second-order valence-electron chi connectivity index (χ2n) is 3.25. The molecule has 78 valence electrons. The van der Waals surface area contributed by atoms with Gasteiger partial charge in [0.05, 0.1) is 6.10 Å². The first-order chi connectivity index (χ1) is 6.65. The minimum Gasteiger partial charge on any atom is -0.490 e. The van der Waals surface area contributed by atoms with Crippen LogP contribution in [0.4, 0.5) is 4.39 Å². The number of rotatable bonds is 4. The van der Waals surface area contributed by atoms with Crippen molar-refractivity contribution < 1.29 is 14.2 Å². The molecule has 0 radical (unpaired) electrons. The molecule has 0 aliphatic heterocycles. The Hall–Kier alpha value is -1.09. The molecule has 0 fully saturated rings. The molecule has 1 aromatic carbocycles. The summed E-state index contributed by atoms with van der Waals surface area (Å²) in [7, 11) is 0. The topological polar surface area (TPSA) is 29.5 Å². The monoisotopic (exact) mass is 198 g/mol. The molecule has 1 atom stereocenters. The maximum atomic E-state index is 11.9. The van der Waals surface area contributed by atoms with E-state index in [0.717, 1.165) is 5.56 Å². The van der Waals surface area contributed by atoms with Gasteiger partial charge in [-0.05, 0) is 25.5 Å². The van der Waals surface area contributed by atoms with Crippen LogP contribution in [0.15, 0.2) is 18.2 Å². The van der Waals surface area contributed by atoms with Crippen LogP contribution >= 0.6 is 0 Å². The van der Waals surface area contributed by atoms with Gasteiger partial charge in [0.25, 0.3) is 0 Å². The molecule has 2 nitrogen and oxygen atoms in total. The Morgan fingerprint density at radius 2 is 2.21 bits per heavy atom. The number of aliphatic hydroxyl groups excluding tert-OH is 1. The molecule has 1 aromatic rings. The summed E-state index contributed by atoms with van der Waals surface area (Å²) in [6.07, 6.45) is -0.592. The fourth-order valence-electron chi connectivity index (χ4n) is 1.26. The minimum absolute atomic E-state index is 0.0309. The highest BCUT2D eigenvalue weighted by atomic mass is 19.1. The maximum absolute atomic E-state index is 11.9. The summed E-state index contributed by atoms with van der Waals surface area (Å²) in [5.41, 5.74) is 1.73. The lowest BCUT2D eigenvalue weighted by atomic mass is 10.1. The molecule has 0 amide bonds. The Bertz CT molecular complexity index is 297. The first kappa shape index (κ1) is 11.0. The molecular formula is C11H15FO2. The van der Waals surface area contributed by atoms with Gasteiger partial charge in [0, 0.05) is 5.56 Å². The molecule has 1 rings (SSSR count). The largest absolute Gasteiger partial charge is 0.490 e. The third-order valence-electron chi connectivity index (χ3n) is 1.95. The van der Waals surface area contributed by atoms with Crippen molar-refractivity contribution in [3.8, 4) is 5.75 Å². The van der Waals surface area contributed by atoms with E-state index in [1.807, 2.05) is 13.0 Å². The SMILES string of the molecule is Cc1ccc([C@H](C)O)c(OCCF)c1. The van der Waals surface area contributed by atoms with Crippen molar-refractivity contribution in [1.29, 1.82) is 0 Å². The summed E-state index contributed by atoms with van der Waals surface area (Å²) in [5, 5.41) is 9.42. The van der Waals surface area contributed by atoms with Gasteiger partial charge in [0.2, 0.25) is 0 Å². The molecule has 0 bridgehead atoms.